The summed E-state index contributed by atoms with van der Waals surface area (Å²) in [6.07, 6.45) is 5.86. The zero-order valence-electron chi connectivity index (χ0n) is 16.8. The van der Waals surface area contributed by atoms with Crippen LogP contribution >= 0.6 is 0 Å². The molecule has 1 aliphatic rings. The molecule has 2 aromatic rings. The van der Waals surface area contributed by atoms with Gasteiger partial charge in [0.1, 0.15) is 0 Å². The second kappa shape index (κ2) is 9.23. The van der Waals surface area contributed by atoms with Crippen molar-refractivity contribution >= 4 is 11.4 Å². The SMILES string of the molecule is CCCN(CCC)CCCN1c2ccccc2Cc2ccc(CC)cc21. The Kier molecular flexibility index (Phi) is 6.73. The molecule has 0 N–H and O–H groups in total. The van der Waals surface area contributed by atoms with Gasteiger partial charge in [-0.1, -0.05) is 51.1 Å². The van der Waals surface area contributed by atoms with Gasteiger partial charge in [-0.2, -0.15) is 0 Å². The van der Waals surface area contributed by atoms with E-state index in [0.717, 1.165) is 19.4 Å². The summed E-state index contributed by atoms with van der Waals surface area (Å²) in [6.45, 7) is 11.6. The minimum absolute atomic E-state index is 1.06. The number of anilines is 2. The third-order valence-corrected chi connectivity index (χ3v) is 5.45. The molecular formula is C24H34N2. The molecule has 2 aromatic carbocycles. The third kappa shape index (κ3) is 4.29. The number of hydrogen-bond acceptors (Lipinski definition) is 2. The molecule has 0 aliphatic carbocycles. The molecule has 1 aliphatic heterocycles. The molecule has 0 unspecified atom stereocenters. The Hall–Kier alpha value is -1.80. The zero-order valence-corrected chi connectivity index (χ0v) is 16.8. The van der Waals surface area contributed by atoms with E-state index in [9.17, 15) is 0 Å². The monoisotopic (exact) mass is 350 g/mol. The van der Waals surface area contributed by atoms with Gasteiger partial charge >= 0.3 is 0 Å². The average Bonchev–Trinajstić information content (AvgIpc) is 2.67. The summed E-state index contributed by atoms with van der Waals surface area (Å²) in [5.41, 5.74) is 7.21. The summed E-state index contributed by atoms with van der Waals surface area (Å²) >= 11 is 0. The summed E-state index contributed by atoms with van der Waals surface area (Å²) in [7, 11) is 0. The molecular weight excluding hydrogens is 316 g/mol. The van der Waals surface area contributed by atoms with Crippen molar-refractivity contribution in [2.45, 2.75) is 52.9 Å². The second-order valence-electron chi connectivity index (χ2n) is 7.47. The van der Waals surface area contributed by atoms with Crippen LogP contribution in [0.3, 0.4) is 0 Å². The Morgan fingerprint density at radius 2 is 1.58 bits per heavy atom. The molecule has 0 radical (unpaired) electrons. The number of fused-ring (bicyclic) bond motifs is 2. The number of rotatable bonds is 9. The number of aryl methyl sites for hydroxylation is 1. The molecule has 0 atom stereocenters. The van der Waals surface area contributed by atoms with Gasteiger partial charge in [0.15, 0.2) is 0 Å². The summed E-state index contributed by atoms with van der Waals surface area (Å²) in [5, 5.41) is 0. The van der Waals surface area contributed by atoms with Crippen molar-refractivity contribution in [1.82, 2.24) is 4.90 Å². The highest BCUT2D eigenvalue weighted by Gasteiger charge is 2.22. The molecule has 0 aromatic heterocycles. The molecule has 0 amide bonds. The van der Waals surface area contributed by atoms with Crippen molar-refractivity contribution < 1.29 is 0 Å². The summed E-state index contributed by atoms with van der Waals surface area (Å²) in [4.78, 5) is 5.20. The number of benzene rings is 2. The molecule has 0 spiro atoms. The Morgan fingerprint density at radius 3 is 2.31 bits per heavy atom. The Morgan fingerprint density at radius 1 is 0.846 bits per heavy atom. The maximum atomic E-state index is 2.62. The lowest BCUT2D eigenvalue weighted by atomic mass is 9.94. The first-order valence-electron chi connectivity index (χ1n) is 10.5. The molecule has 2 heteroatoms. The van der Waals surface area contributed by atoms with Crippen LogP contribution in [0.2, 0.25) is 0 Å². The Balaban J connectivity index is 1.79. The van der Waals surface area contributed by atoms with Crippen molar-refractivity contribution in [3.63, 3.8) is 0 Å². The van der Waals surface area contributed by atoms with E-state index >= 15 is 0 Å². The highest BCUT2D eigenvalue weighted by atomic mass is 15.2. The van der Waals surface area contributed by atoms with E-state index in [1.165, 1.54) is 67.0 Å². The lowest BCUT2D eigenvalue weighted by Gasteiger charge is -2.34. The van der Waals surface area contributed by atoms with Crippen LogP contribution in [0, 0.1) is 0 Å². The lowest BCUT2D eigenvalue weighted by Crippen LogP contribution is -2.31. The first kappa shape index (κ1) is 19.0. The molecule has 0 bridgehead atoms. The number of nitrogens with zero attached hydrogens (tertiary/aromatic N) is 2. The van der Waals surface area contributed by atoms with Crippen LogP contribution in [0.15, 0.2) is 42.5 Å². The van der Waals surface area contributed by atoms with E-state index in [1.54, 1.807) is 0 Å². The van der Waals surface area contributed by atoms with Gasteiger partial charge in [0, 0.05) is 24.3 Å². The maximum Gasteiger partial charge on any atom is 0.0449 e. The average molecular weight is 351 g/mol. The van der Waals surface area contributed by atoms with Gasteiger partial charge in [-0.25, -0.2) is 0 Å². The fourth-order valence-electron chi connectivity index (χ4n) is 4.15. The van der Waals surface area contributed by atoms with Crippen LogP contribution in [0.1, 0.15) is 56.7 Å². The fourth-order valence-corrected chi connectivity index (χ4v) is 4.15. The predicted octanol–water partition coefficient (Wildman–Crippen LogP) is 5.80. The summed E-state index contributed by atoms with van der Waals surface area (Å²) in [6, 6.07) is 16.0. The van der Waals surface area contributed by atoms with Crippen molar-refractivity contribution in [2.24, 2.45) is 0 Å². The van der Waals surface area contributed by atoms with E-state index in [0.29, 0.717) is 0 Å². The largest absolute Gasteiger partial charge is 0.341 e. The topological polar surface area (TPSA) is 6.48 Å². The number of para-hydroxylation sites is 1. The van der Waals surface area contributed by atoms with Gasteiger partial charge in [-0.3, -0.25) is 0 Å². The van der Waals surface area contributed by atoms with E-state index in [4.69, 9.17) is 0 Å². The van der Waals surface area contributed by atoms with Gasteiger partial charge < -0.3 is 9.80 Å². The quantitative estimate of drug-likeness (QED) is 0.563. The third-order valence-electron chi connectivity index (χ3n) is 5.45. The Bertz CT molecular complexity index is 701. The molecule has 140 valence electrons. The van der Waals surface area contributed by atoms with Gasteiger partial charge in [0.05, 0.1) is 0 Å². The molecule has 26 heavy (non-hydrogen) atoms. The second-order valence-corrected chi connectivity index (χ2v) is 7.47. The van der Waals surface area contributed by atoms with Crippen molar-refractivity contribution in [3.05, 3.63) is 59.2 Å². The van der Waals surface area contributed by atoms with Crippen molar-refractivity contribution in [2.75, 3.05) is 31.1 Å². The van der Waals surface area contributed by atoms with Crippen molar-refractivity contribution in [3.8, 4) is 0 Å². The van der Waals surface area contributed by atoms with Gasteiger partial charge in [-0.15, -0.1) is 0 Å². The lowest BCUT2D eigenvalue weighted by molar-refractivity contribution is 0.273. The Labute approximate surface area is 159 Å². The van der Waals surface area contributed by atoms with Gasteiger partial charge in [0.2, 0.25) is 0 Å². The van der Waals surface area contributed by atoms with Crippen LogP contribution in [-0.2, 0) is 12.8 Å². The maximum absolute atomic E-state index is 2.62. The molecule has 0 saturated carbocycles. The first-order chi connectivity index (χ1) is 12.8. The molecule has 0 fully saturated rings. The highest BCUT2D eigenvalue weighted by Crippen LogP contribution is 2.39. The van der Waals surface area contributed by atoms with E-state index in [2.05, 4.69) is 73.0 Å². The van der Waals surface area contributed by atoms with Crippen LogP contribution in [0.5, 0.6) is 0 Å². The smallest absolute Gasteiger partial charge is 0.0449 e. The molecule has 2 nitrogen and oxygen atoms in total. The van der Waals surface area contributed by atoms with Gasteiger partial charge in [-0.05, 0) is 74.1 Å². The van der Waals surface area contributed by atoms with Crippen LogP contribution < -0.4 is 4.90 Å². The summed E-state index contributed by atoms with van der Waals surface area (Å²) < 4.78 is 0. The molecule has 0 saturated heterocycles. The van der Waals surface area contributed by atoms with Gasteiger partial charge in [0.25, 0.3) is 0 Å². The molecule has 1 heterocycles. The predicted molar refractivity (Wildman–Crippen MR) is 114 cm³/mol. The minimum atomic E-state index is 1.06. The van der Waals surface area contributed by atoms with Crippen molar-refractivity contribution in [1.29, 1.82) is 0 Å². The zero-order chi connectivity index (χ0) is 18.4. The highest BCUT2D eigenvalue weighted by molar-refractivity contribution is 5.74. The molecule has 3 rings (SSSR count). The van der Waals surface area contributed by atoms with E-state index < -0.39 is 0 Å². The number of hydrogen-bond donors (Lipinski definition) is 0. The standard InChI is InChI=1S/C24H34N2/c1-4-14-25(15-5-2)16-9-17-26-23-11-8-7-10-21(23)19-22-13-12-20(6-3)18-24(22)26/h7-8,10-13,18H,4-6,9,14-17,19H2,1-3H3. The fraction of sp³-hybridized carbons (Fsp3) is 0.500. The normalized spacial score (nSPS) is 13.0. The minimum Gasteiger partial charge on any atom is -0.341 e. The van der Waals surface area contributed by atoms with Crippen LogP contribution in [0.4, 0.5) is 11.4 Å². The summed E-state index contributed by atoms with van der Waals surface area (Å²) in [5.74, 6) is 0. The van der Waals surface area contributed by atoms with E-state index in [-0.39, 0.29) is 0 Å². The van der Waals surface area contributed by atoms with Crippen LogP contribution in [-0.4, -0.2) is 31.1 Å². The van der Waals surface area contributed by atoms with Crippen LogP contribution in [0.25, 0.3) is 0 Å². The first-order valence-corrected chi connectivity index (χ1v) is 10.5. The van der Waals surface area contributed by atoms with E-state index in [1.807, 2.05) is 0 Å².